The Bertz CT molecular complexity index is 1140. The van der Waals surface area contributed by atoms with Crippen molar-refractivity contribution in [3.05, 3.63) is 42.0 Å². The molecule has 2 aliphatic rings. The van der Waals surface area contributed by atoms with E-state index in [1.165, 1.54) is 0 Å². The Morgan fingerprint density at radius 2 is 1.88 bits per heavy atom. The standard InChI is InChI=1S/C23H28N6O3S/c1-15(2)20-26-23(32-27-20)28-11-8-17(9-12-28)31-22-19-10-13-29(21(19)24-14-25-22)16-4-6-18(7-5-16)33(3)30/h4-7,14-15,17H,8-13H2,1-3H3. The molecule has 10 heteroatoms. The number of aromatic nitrogens is 4. The van der Waals surface area contributed by atoms with Crippen molar-refractivity contribution in [3.63, 3.8) is 0 Å². The van der Waals surface area contributed by atoms with E-state index >= 15 is 0 Å². The summed E-state index contributed by atoms with van der Waals surface area (Å²) in [7, 11) is -0.989. The van der Waals surface area contributed by atoms with Gasteiger partial charge in [0.1, 0.15) is 18.2 Å². The summed E-state index contributed by atoms with van der Waals surface area (Å²) < 4.78 is 23.5. The zero-order valence-electron chi connectivity index (χ0n) is 19.1. The SMILES string of the molecule is CC(C)c1noc(N2CCC(Oc3ncnc4c3CCN4c3ccc(S(C)=O)cc3)CC2)n1. The molecule has 3 aromatic rings. The van der Waals surface area contributed by atoms with Gasteiger partial charge in [-0.05, 0) is 30.7 Å². The molecule has 4 heterocycles. The minimum atomic E-state index is -0.989. The fourth-order valence-corrected chi connectivity index (χ4v) is 4.77. The highest BCUT2D eigenvalue weighted by molar-refractivity contribution is 7.84. The lowest BCUT2D eigenvalue weighted by Gasteiger charge is -2.30. The Kier molecular flexibility index (Phi) is 6.01. The average Bonchev–Trinajstić information content (AvgIpc) is 3.48. The van der Waals surface area contributed by atoms with Gasteiger partial charge in [0.2, 0.25) is 5.88 Å². The molecule has 174 valence electrons. The number of fused-ring (bicyclic) bond motifs is 1. The Hall–Kier alpha value is -3.01. The zero-order valence-corrected chi connectivity index (χ0v) is 19.9. The molecule has 0 saturated carbocycles. The van der Waals surface area contributed by atoms with E-state index in [1.54, 1.807) is 12.6 Å². The highest BCUT2D eigenvalue weighted by Gasteiger charge is 2.29. The second kappa shape index (κ2) is 9.09. The fourth-order valence-electron chi connectivity index (χ4n) is 4.25. The zero-order chi connectivity index (χ0) is 22.9. The van der Waals surface area contributed by atoms with Gasteiger partial charge in [0.25, 0.3) is 0 Å². The van der Waals surface area contributed by atoms with E-state index in [2.05, 4.69) is 43.8 Å². The lowest BCUT2D eigenvalue weighted by molar-refractivity contribution is 0.160. The topological polar surface area (TPSA) is 97.5 Å². The van der Waals surface area contributed by atoms with Crippen LogP contribution in [0.4, 0.5) is 17.5 Å². The molecule has 2 aliphatic heterocycles. The Balaban J connectivity index is 1.25. The summed E-state index contributed by atoms with van der Waals surface area (Å²) in [6, 6.07) is 8.39. The summed E-state index contributed by atoms with van der Waals surface area (Å²) in [4.78, 5) is 18.6. The molecule has 0 amide bonds. The van der Waals surface area contributed by atoms with Gasteiger partial charge in [-0.1, -0.05) is 19.0 Å². The van der Waals surface area contributed by atoms with Crippen LogP contribution < -0.4 is 14.5 Å². The monoisotopic (exact) mass is 468 g/mol. The number of anilines is 3. The molecule has 2 aromatic heterocycles. The first kappa shape index (κ1) is 21.8. The van der Waals surface area contributed by atoms with Crippen molar-refractivity contribution in [2.24, 2.45) is 0 Å². The smallest absolute Gasteiger partial charge is 0.324 e. The largest absolute Gasteiger partial charge is 0.474 e. The summed E-state index contributed by atoms with van der Waals surface area (Å²) in [5.74, 6) is 2.54. The van der Waals surface area contributed by atoms with Gasteiger partial charge in [0, 0.05) is 66.0 Å². The van der Waals surface area contributed by atoms with E-state index < -0.39 is 10.8 Å². The maximum Gasteiger partial charge on any atom is 0.324 e. The van der Waals surface area contributed by atoms with Crippen LogP contribution in [0.3, 0.4) is 0 Å². The quantitative estimate of drug-likeness (QED) is 0.539. The van der Waals surface area contributed by atoms with Gasteiger partial charge in [-0.15, -0.1) is 0 Å². The van der Waals surface area contributed by atoms with Crippen LogP contribution in [0.25, 0.3) is 0 Å². The van der Waals surface area contributed by atoms with Crippen LogP contribution >= 0.6 is 0 Å². The van der Waals surface area contributed by atoms with Crippen molar-refractivity contribution in [2.45, 2.75) is 50.0 Å². The van der Waals surface area contributed by atoms with Gasteiger partial charge in [0.05, 0.1) is 5.56 Å². The summed E-state index contributed by atoms with van der Waals surface area (Å²) in [5, 5.41) is 4.07. The average molecular weight is 469 g/mol. The maximum absolute atomic E-state index is 11.7. The third-order valence-corrected chi connectivity index (χ3v) is 7.08. The molecule has 0 spiro atoms. The fraction of sp³-hybridized carbons (Fsp3) is 0.478. The van der Waals surface area contributed by atoms with E-state index in [-0.39, 0.29) is 12.0 Å². The molecule has 9 nitrogen and oxygen atoms in total. The lowest BCUT2D eigenvalue weighted by Crippen LogP contribution is -2.38. The third kappa shape index (κ3) is 4.44. The summed E-state index contributed by atoms with van der Waals surface area (Å²) in [5.41, 5.74) is 2.07. The van der Waals surface area contributed by atoms with Crippen molar-refractivity contribution in [3.8, 4) is 5.88 Å². The molecule has 1 atom stereocenters. The number of ether oxygens (including phenoxy) is 1. The second-order valence-electron chi connectivity index (χ2n) is 8.72. The Morgan fingerprint density at radius 3 is 2.55 bits per heavy atom. The molecule has 1 unspecified atom stereocenters. The lowest BCUT2D eigenvalue weighted by atomic mass is 10.1. The van der Waals surface area contributed by atoms with Crippen molar-refractivity contribution >= 4 is 28.3 Å². The molecule has 1 fully saturated rings. The van der Waals surface area contributed by atoms with Crippen molar-refractivity contribution in [1.29, 1.82) is 0 Å². The molecule has 0 aliphatic carbocycles. The number of piperidine rings is 1. The van der Waals surface area contributed by atoms with Crippen LogP contribution in [0.2, 0.25) is 0 Å². The van der Waals surface area contributed by atoms with E-state index in [4.69, 9.17) is 9.26 Å². The van der Waals surface area contributed by atoms with Crippen LogP contribution in [-0.4, -0.2) is 56.3 Å². The summed E-state index contributed by atoms with van der Waals surface area (Å²) in [6.45, 7) is 6.52. The highest BCUT2D eigenvalue weighted by Crippen LogP contribution is 2.37. The van der Waals surface area contributed by atoms with Crippen LogP contribution in [-0.2, 0) is 17.2 Å². The molecule has 33 heavy (non-hydrogen) atoms. The number of hydrogen-bond acceptors (Lipinski definition) is 9. The predicted octanol–water partition coefficient (Wildman–Crippen LogP) is 3.46. The molecule has 0 radical (unpaired) electrons. The maximum atomic E-state index is 11.7. The second-order valence-corrected chi connectivity index (χ2v) is 10.1. The van der Waals surface area contributed by atoms with E-state index in [0.717, 1.165) is 66.7 Å². The number of rotatable bonds is 6. The van der Waals surface area contributed by atoms with Gasteiger partial charge < -0.3 is 19.1 Å². The van der Waals surface area contributed by atoms with Crippen LogP contribution in [0.15, 0.2) is 40.0 Å². The molecule has 1 saturated heterocycles. The highest BCUT2D eigenvalue weighted by atomic mass is 32.2. The van der Waals surface area contributed by atoms with E-state index in [9.17, 15) is 4.21 Å². The van der Waals surface area contributed by atoms with Gasteiger partial charge >= 0.3 is 6.01 Å². The van der Waals surface area contributed by atoms with Crippen molar-refractivity contribution in [2.75, 3.05) is 35.7 Å². The summed E-state index contributed by atoms with van der Waals surface area (Å²) in [6.07, 6.45) is 5.89. The van der Waals surface area contributed by atoms with Crippen molar-refractivity contribution in [1.82, 2.24) is 20.1 Å². The number of benzene rings is 1. The predicted molar refractivity (Wildman–Crippen MR) is 126 cm³/mol. The van der Waals surface area contributed by atoms with Crippen LogP contribution in [0.1, 0.15) is 44.0 Å². The Labute approximate surface area is 195 Å². The molecular formula is C23H28N6O3S. The van der Waals surface area contributed by atoms with Crippen molar-refractivity contribution < 1.29 is 13.5 Å². The summed E-state index contributed by atoms with van der Waals surface area (Å²) >= 11 is 0. The minimum absolute atomic E-state index is 0.0839. The van der Waals surface area contributed by atoms with Crippen LogP contribution in [0, 0.1) is 0 Å². The molecule has 0 bridgehead atoms. The first-order valence-electron chi connectivity index (χ1n) is 11.3. The Morgan fingerprint density at radius 1 is 1.12 bits per heavy atom. The first-order chi connectivity index (χ1) is 16.0. The van der Waals surface area contributed by atoms with Crippen LogP contribution in [0.5, 0.6) is 5.88 Å². The number of nitrogens with zero attached hydrogens (tertiary/aromatic N) is 6. The normalized spacial score (nSPS) is 17.5. The molecule has 5 rings (SSSR count). The van der Waals surface area contributed by atoms with Gasteiger partial charge in [-0.25, -0.2) is 9.97 Å². The minimum Gasteiger partial charge on any atom is -0.474 e. The van der Waals surface area contributed by atoms with Gasteiger partial charge in [0.15, 0.2) is 5.82 Å². The molecular weight excluding hydrogens is 440 g/mol. The van der Waals surface area contributed by atoms with E-state index in [0.29, 0.717) is 11.9 Å². The third-order valence-electron chi connectivity index (χ3n) is 6.14. The van der Waals surface area contributed by atoms with Gasteiger partial charge in [-0.2, -0.15) is 4.98 Å². The van der Waals surface area contributed by atoms with E-state index in [1.807, 2.05) is 24.3 Å². The van der Waals surface area contributed by atoms with Gasteiger partial charge in [-0.3, -0.25) is 4.21 Å². The molecule has 0 N–H and O–H groups in total. The molecule has 1 aromatic carbocycles. The number of hydrogen-bond donors (Lipinski definition) is 0. The first-order valence-corrected chi connectivity index (χ1v) is 12.9.